The van der Waals surface area contributed by atoms with Gasteiger partial charge in [0.2, 0.25) is 11.8 Å². The molecule has 1 saturated heterocycles. The minimum atomic E-state index is -0.544. The zero-order valence-corrected chi connectivity index (χ0v) is 21.6. The van der Waals surface area contributed by atoms with E-state index in [2.05, 4.69) is 35.9 Å². The molecule has 1 aliphatic heterocycles. The maximum Gasteiger partial charge on any atom is 0.233 e. The number of nitrogens with zero attached hydrogens (tertiary/aromatic N) is 2. The Kier molecular flexibility index (Phi) is 8.28. The molecule has 0 spiro atoms. The van der Waals surface area contributed by atoms with Gasteiger partial charge in [-0.15, -0.1) is 0 Å². The first kappa shape index (κ1) is 26.4. The van der Waals surface area contributed by atoms with Crippen molar-refractivity contribution in [3.05, 3.63) is 82.9 Å². The first-order valence-corrected chi connectivity index (χ1v) is 12.9. The van der Waals surface area contributed by atoms with E-state index >= 15 is 0 Å². The molecule has 8 heteroatoms. The highest BCUT2D eigenvalue weighted by molar-refractivity contribution is 5.84. The number of nitrogens with two attached hydrogens (primary N) is 1. The van der Waals surface area contributed by atoms with Crippen molar-refractivity contribution >= 4 is 11.8 Å². The van der Waals surface area contributed by atoms with Gasteiger partial charge < -0.3 is 25.5 Å². The molecule has 1 fully saturated rings. The number of H-pyrrole nitrogens is 1. The molecule has 1 aromatic heterocycles. The molecule has 2 aromatic carbocycles. The molecule has 4 N–H and O–H groups in total. The Morgan fingerprint density at radius 1 is 1.19 bits per heavy atom. The topological polar surface area (TPSA) is 122 Å². The predicted molar refractivity (Wildman–Crippen MR) is 141 cm³/mol. The molecule has 1 atom stereocenters. The molecule has 0 bridgehead atoms. The van der Waals surface area contributed by atoms with Crippen LogP contribution in [0.25, 0.3) is 0 Å². The highest BCUT2D eigenvalue weighted by Crippen LogP contribution is 2.39. The molecule has 1 aliphatic rings. The van der Waals surface area contributed by atoms with Crippen LogP contribution in [-0.2, 0) is 32.8 Å². The van der Waals surface area contributed by atoms with Crippen LogP contribution in [0.3, 0.4) is 0 Å². The molecule has 0 radical (unpaired) electrons. The number of aromatic hydroxyl groups is 1. The van der Waals surface area contributed by atoms with Gasteiger partial charge in [-0.2, -0.15) is 0 Å². The number of aryl methyl sites for hydroxylation is 2. The van der Waals surface area contributed by atoms with Gasteiger partial charge in [0.05, 0.1) is 13.1 Å². The number of aromatic amines is 1. The number of phenols is 1. The Labute approximate surface area is 217 Å². The minimum Gasteiger partial charge on any atom is -0.508 e. The first-order valence-electron chi connectivity index (χ1n) is 12.9. The number of primary amides is 1. The highest BCUT2D eigenvalue weighted by atomic mass is 16.5. The Balaban J connectivity index is 1.57. The van der Waals surface area contributed by atoms with Crippen LogP contribution in [0.15, 0.2) is 54.7 Å². The van der Waals surface area contributed by atoms with E-state index in [0.717, 1.165) is 35.2 Å². The van der Waals surface area contributed by atoms with E-state index in [1.54, 1.807) is 18.3 Å². The second-order valence-electron chi connectivity index (χ2n) is 9.89. The van der Waals surface area contributed by atoms with Gasteiger partial charge >= 0.3 is 0 Å². The predicted octanol–water partition coefficient (Wildman–Crippen LogP) is 3.72. The second-order valence-corrected chi connectivity index (χ2v) is 9.89. The maximum atomic E-state index is 13.9. The molecule has 37 heavy (non-hydrogen) atoms. The molecule has 3 aromatic rings. The number of benzene rings is 2. The van der Waals surface area contributed by atoms with Crippen LogP contribution in [0.4, 0.5) is 0 Å². The third-order valence-corrected chi connectivity index (χ3v) is 7.01. The van der Waals surface area contributed by atoms with Gasteiger partial charge in [-0.1, -0.05) is 49.7 Å². The quantitative estimate of drug-likeness (QED) is 0.325. The molecule has 4 rings (SSSR count). The van der Waals surface area contributed by atoms with E-state index in [-0.39, 0.29) is 24.0 Å². The summed E-state index contributed by atoms with van der Waals surface area (Å²) >= 11 is 0. The number of aromatic nitrogens is 2. The normalized spacial score (nSPS) is 15.2. The standard InChI is InChI=1S/C29H36N4O4/c1-3-4-15-37-29(25-8-6-5-7-20(25)2)18-33(19-29)28(36)24(16-21-9-12-23(34)13-10-21)27-31-17-22(32-27)11-14-26(30)35/h5-10,12-13,17,24,34H,3-4,11,14-16,18-19H2,1-2H3,(H2,30,35)(H,31,32). The van der Waals surface area contributed by atoms with Crippen LogP contribution in [0, 0.1) is 6.92 Å². The molecule has 0 aliphatic carbocycles. The van der Waals surface area contributed by atoms with Crippen molar-refractivity contribution in [3.8, 4) is 5.75 Å². The number of unbranched alkanes of at least 4 members (excludes halogenated alkanes) is 1. The Morgan fingerprint density at radius 2 is 1.92 bits per heavy atom. The van der Waals surface area contributed by atoms with Gasteiger partial charge in [-0.05, 0) is 55.0 Å². The lowest BCUT2D eigenvalue weighted by molar-refractivity contribution is -0.174. The van der Waals surface area contributed by atoms with Crippen LogP contribution in [0.5, 0.6) is 5.75 Å². The first-order chi connectivity index (χ1) is 17.8. The second kappa shape index (κ2) is 11.6. The summed E-state index contributed by atoms with van der Waals surface area (Å²) in [7, 11) is 0. The smallest absolute Gasteiger partial charge is 0.233 e. The summed E-state index contributed by atoms with van der Waals surface area (Å²) in [5.41, 5.74) is 8.72. The van der Waals surface area contributed by atoms with Crippen LogP contribution in [0.1, 0.15) is 60.3 Å². The zero-order chi connectivity index (χ0) is 26.4. The molecule has 2 heterocycles. The average Bonchev–Trinajstić information content (AvgIpc) is 3.33. The summed E-state index contributed by atoms with van der Waals surface area (Å²) in [5.74, 6) is -0.236. The number of carbonyl (C=O) groups excluding carboxylic acids is 2. The van der Waals surface area contributed by atoms with Gasteiger partial charge in [0.15, 0.2) is 0 Å². The van der Waals surface area contributed by atoms with Gasteiger partial charge in [0.25, 0.3) is 0 Å². The van der Waals surface area contributed by atoms with Crippen LogP contribution >= 0.6 is 0 Å². The SMILES string of the molecule is CCCCOC1(c2ccccc2C)CN(C(=O)C(Cc2ccc(O)cc2)c2ncc(CCC(N)=O)[nH]2)C1. The third-order valence-electron chi connectivity index (χ3n) is 7.01. The van der Waals surface area contributed by atoms with E-state index < -0.39 is 11.5 Å². The number of hydrogen-bond donors (Lipinski definition) is 3. The summed E-state index contributed by atoms with van der Waals surface area (Å²) in [6.07, 6.45) is 4.74. The van der Waals surface area contributed by atoms with Gasteiger partial charge in [-0.25, -0.2) is 4.98 Å². The summed E-state index contributed by atoms with van der Waals surface area (Å²) in [6, 6.07) is 15.1. The molecule has 2 amide bonds. The monoisotopic (exact) mass is 504 g/mol. The van der Waals surface area contributed by atoms with Crippen LogP contribution < -0.4 is 5.73 Å². The lowest BCUT2D eigenvalue weighted by atomic mass is 9.82. The number of nitrogens with one attached hydrogen (secondary N) is 1. The van der Waals surface area contributed by atoms with Crippen LogP contribution in [0.2, 0.25) is 0 Å². The van der Waals surface area contributed by atoms with Gasteiger partial charge in [0.1, 0.15) is 23.1 Å². The largest absolute Gasteiger partial charge is 0.508 e. The zero-order valence-electron chi connectivity index (χ0n) is 21.6. The summed E-state index contributed by atoms with van der Waals surface area (Å²) in [5, 5.41) is 9.69. The van der Waals surface area contributed by atoms with Crippen molar-refractivity contribution < 1.29 is 19.4 Å². The molecule has 1 unspecified atom stereocenters. The number of ether oxygens (including phenoxy) is 1. The lowest BCUT2D eigenvalue weighted by Crippen LogP contribution is -2.63. The van der Waals surface area contributed by atoms with Crippen LogP contribution in [-0.4, -0.2) is 51.5 Å². The van der Waals surface area contributed by atoms with Gasteiger partial charge in [0, 0.05) is 24.9 Å². The number of phenolic OH excluding ortho intramolecular Hbond substituents is 1. The van der Waals surface area contributed by atoms with Crippen molar-refractivity contribution in [2.24, 2.45) is 5.73 Å². The molecule has 8 nitrogen and oxygen atoms in total. The van der Waals surface area contributed by atoms with Crippen molar-refractivity contribution in [1.82, 2.24) is 14.9 Å². The summed E-state index contributed by atoms with van der Waals surface area (Å²) < 4.78 is 6.44. The lowest BCUT2D eigenvalue weighted by Gasteiger charge is -2.51. The number of hydrogen-bond acceptors (Lipinski definition) is 5. The van der Waals surface area contributed by atoms with E-state index in [9.17, 15) is 14.7 Å². The number of likely N-dealkylation sites (tertiary alicyclic amines) is 1. The fourth-order valence-electron chi connectivity index (χ4n) is 4.89. The number of imidazole rings is 1. The van der Waals surface area contributed by atoms with Crippen molar-refractivity contribution in [2.45, 2.75) is 57.5 Å². The number of amides is 2. The summed E-state index contributed by atoms with van der Waals surface area (Å²) in [6.45, 7) is 5.80. The Morgan fingerprint density at radius 3 is 2.59 bits per heavy atom. The maximum absolute atomic E-state index is 13.9. The summed E-state index contributed by atoms with van der Waals surface area (Å²) in [4.78, 5) is 34.7. The average molecular weight is 505 g/mol. The fourth-order valence-corrected chi connectivity index (χ4v) is 4.89. The molecule has 196 valence electrons. The molecular formula is C29H36N4O4. The highest BCUT2D eigenvalue weighted by Gasteiger charge is 2.49. The van der Waals surface area contributed by atoms with E-state index in [4.69, 9.17) is 10.5 Å². The third kappa shape index (κ3) is 6.20. The van der Waals surface area contributed by atoms with E-state index in [1.165, 1.54) is 0 Å². The number of carbonyl (C=O) groups is 2. The van der Waals surface area contributed by atoms with E-state index in [1.807, 2.05) is 29.2 Å². The fraction of sp³-hybridized carbons (Fsp3) is 0.414. The van der Waals surface area contributed by atoms with Gasteiger partial charge in [-0.3, -0.25) is 9.59 Å². The molecule has 0 saturated carbocycles. The molecular weight excluding hydrogens is 468 g/mol. The van der Waals surface area contributed by atoms with Crippen molar-refractivity contribution in [3.63, 3.8) is 0 Å². The Bertz CT molecular complexity index is 1210. The Hall–Kier alpha value is -3.65. The van der Waals surface area contributed by atoms with Crippen molar-refractivity contribution in [1.29, 1.82) is 0 Å². The van der Waals surface area contributed by atoms with Crippen molar-refractivity contribution in [2.75, 3.05) is 19.7 Å². The minimum absolute atomic E-state index is 0.0350. The number of rotatable bonds is 12. The van der Waals surface area contributed by atoms with E-state index in [0.29, 0.717) is 38.4 Å².